The van der Waals surface area contributed by atoms with Crippen molar-refractivity contribution in [3.8, 4) is 5.75 Å². The normalized spacial score (nSPS) is 10.2. The first-order valence-corrected chi connectivity index (χ1v) is 6.20. The Bertz CT molecular complexity index is 568. The number of rotatable bonds is 4. The average molecular weight is 254 g/mol. The number of aryl methyl sites for hydroxylation is 2. The van der Waals surface area contributed by atoms with Crippen molar-refractivity contribution in [1.82, 2.24) is 0 Å². The van der Waals surface area contributed by atoms with Crippen molar-refractivity contribution in [3.05, 3.63) is 64.7 Å². The summed E-state index contributed by atoms with van der Waals surface area (Å²) in [7, 11) is 0. The summed E-state index contributed by atoms with van der Waals surface area (Å²) in [5.41, 5.74) is 9.49. The summed E-state index contributed by atoms with van der Waals surface area (Å²) in [4.78, 5) is 0. The van der Waals surface area contributed by atoms with Crippen LogP contribution in [-0.2, 0) is 6.61 Å². The second-order valence-electron chi connectivity index (χ2n) is 4.62. The Morgan fingerprint density at radius 3 is 2.16 bits per heavy atom. The van der Waals surface area contributed by atoms with Crippen LogP contribution in [0.2, 0.25) is 0 Å². The minimum Gasteiger partial charge on any atom is -0.488 e. The van der Waals surface area contributed by atoms with Crippen molar-refractivity contribution in [2.75, 3.05) is 0 Å². The lowest BCUT2D eigenvalue weighted by Crippen LogP contribution is -2.10. The molecule has 19 heavy (non-hydrogen) atoms. The molecule has 0 aliphatic rings. The molecule has 0 aromatic heterocycles. The second-order valence-corrected chi connectivity index (χ2v) is 4.62. The molecule has 3 nitrogen and oxygen atoms in total. The van der Waals surface area contributed by atoms with E-state index in [0.29, 0.717) is 6.61 Å². The van der Waals surface area contributed by atoms with E-state index in [1.54, 1.807) is 0 Å². The Morgan fingerprint density at radius 2 is 1.63 bits per heavy atom. The summed E-state index contributed by atoms with van der Waals surface area (Å²) in [5, 5.41) is 7.35. The second kappa shape index (κ2) is 5.57. The van der Waals surface area contributed by atoms with E-state index in [-0.39, 0.29) is 5.84 Å². The molecule has 0 aliphatic carbocycles. The summed E-state index contributed by atoms with van der Waals surface area (Å²) in [6.07, 6.45) is 0. The quantitative estimate of drug-likeness (QED) is 0.650. The zero-order valence-corrected chi connectivity index (χ0v) is 11.2. The van der Waals surface area contributed by atoms with Crippen LogP contribution < -0.4 is 10.5 Å². The SMILES string of the molecule is Cc1cccc(C)c1OCc1ccc(C(=N)N)cc1. The van der Waals surface area contributed by atoms with Crippen molar-refractivity contribution in [3.63, 3.8) is 0 Å². The molecule has 0 spiro atoms. The molecule has 0 saturated heterocycles. The van der Waals surface area contributed by atoms with Crippen LogP contribution >= 0.6 is 0 Å². The molecule has 0 saturated carbocycles. The zero-order valence-electron chi connectivity index (χ0n) is 11.2. The molecule has 0 fully saturated rings. The Hall–Kier alpha value is -2.29. The van der Waals surface area contributed by atoms with Gasteiger partial charge >= 0.3 is 0 Å². The first-order valence-electron chi connectivity index (χ1n) is 6.20. The molecule has 3 N–H and O–H groups in total. The van der Waals surface area contributed by atoms with E-state index in [1.807, 2.05) is 56.3 Å². The Kier molecular flexibility index (Phi) is 3.85. The van der Waals surface area contributed by atoms with Gasteiger partial charge in [0.25, 0.3) is 0 Å². The predicted octanol–water partition coefficient (Wildman–Crippen LogP) is 3.17. The Labute approximate surface area is 113 Å². The number of amidine groups is 1. The van der Waals surface area contributed by atoms with Crippen molar-refractivity contribution in [2.24, 2.45) is 5.73 Å². The van der Waals surface area contributed by atoms with Gasteiger partial charge in [0.2, 0.25) is 0 Å². The van der Waals surface area contributed by atoms with Crippen LogP contribution in [0.15, 0.2) is 42.5 Å². The third-order valence-corrected chi connectivity index (χ3v) is 3.06. The monoisotopic (exact) mass is 254 g/mol. The lowest BCUT2D eigenvalue weighted by Gasteiger charge is -2.12. The molecule has 0 unspecified atom stereocenters. The lowest BCUT2D eigenvalue weighted by molar-refractivity contribution is 0.302. The molecule has 0 radical (unpaired) electrons. The predicted molar refractivity (Wildman–Crippen MR) is 77.7 cm³/mol. The van der Waals surface area contributed by atoms with Crippen LogP contribution in [0, 0.1) is 19.3 Å². The van der Waals surface area contributed by atoms with Crippen molar-refractivity contribution in [2.45, 2.75) is 20.5 Å². The molecule has 0 atom stereocenters. The van der Waals surface area contributed by atoms with Gasteiger partial charge in [-0.2, -0.15) is 0 Å². The number of benzene rings is 2. The number of hydrogen-bond acceptors (Lipinski definition) is 2. The molecule has 2 rings (SSSR count). The topological polar surface area (TPSA) is 59.1 Å². The lowest BCUT2D eigenvalue weighted by atomic mass is 10.1. The van der Waals surface area contributed by atoms with Gasteiger partial charge < -0.3 is 10.5 Å². The van der Waals surface area contributed by atoms with Gasteiger partial charge in [0.1, 0.15) is 18.2 Å². The summed E-state index contributed by atoms with van der Waals surface area (Å²) in [5.74, 6) is 1.03. The maximum absolute atomic E-state index is 7.35. The number of para-hydroxylation sites is 1. The van der Waals surface area contributed by atoms with Gasteiger partial charge in [-0.3, -0.25) is 5.41 Å². The smallest absolute Gasteiger partial charge is 0.125 e. The minimum absolute atomic E-state index is 0.0854. The molecular formula is C16H18N2O. The fourth-order valence-electron chi connectivity index (χ4n) is 1.96. The summed E-state index contributed by atoms with van der Waals surface area (Å²) in [6, 6.07) is 13.7. The maximum Gasteiger partial charge on any atom is 0.125 e. The van der Waals surface area contributed by atoms with E-state index in [0.717, 1.165) is 28.0 Å². The summed E-state index contributed by atoms with van der Waals surface area (Å²) < 4.78 is 5.87. The minimum atomic E-state index is 0.0854. The number of ether oxygens (including phenoxy) is 1. The third-order valence-electron chi connectivity index (χ3n) is 3.06. The highest BCUT2D eigenvalue weighted by molar-refractivity contribution is 5.94. The molecule has 2 aromatic rings. The molecule has 0 heterocycles. The number of nitrogens with two attached hydrogens (primary N) is 1. The van der Waals surface area contributed by atoms with Gasteiger partial charge in [-0.15, -0.1) is 0 Å². The molecule has 3 heteroatoms. The van der Waals surface area contributed by atoms with E-state index < -0.39 is 0 Å². The van der Waals surface area contributed by atoms with Gasteiger partial charge in [0.05, 0.1) is 0 Å². The van der Waals surface area contributed by atoms with E-state index in [2.05, 4.69) is 0 Å². The van der Waals surface area contributed by atoms with Crippen LogP contribution in [0.1, 0.15) is 22.3 Å². The first kappa shape index (κ1) is 13.1. The number of nitrogens with one attached hydrogen (secondary N) is 1. The fourth-order valence-corrected chi connectivity index (χ4v) is 1.96. The fraction of sp³-hybridized carbons (Fsp3) is 0.188. The molecular weight excluding hydrogens is 236 g/mol. The molecule has 0 amide bonds. The van der Waals surface area contributed by atoms with Crippen LogP contribution in [-0.4, -0.2) is 5.84 Å². The highest BCUT2D eigenvalue weighted by atomic mass is 16.5. The first-order chi connectivity index (χ1) is 9.08. The summed E-state index contributed by atoms with van der Waals surface area (Å²) >= 11 is 0. The van der Waals surface area contributed by atoms with Crippen LogP contribution in [0.3, 0.4) is 0 Å². The van der Waals surface area contributed by atoms with Crippen molar-refractivity contribution < 1.29 is 4.74 Å². The zero-order chi connectivity index (χ0) is 13.8. The van der Waals surface area contributed by atoms with Crippen LogP contribution in [0.4, 0.5) is 0 Å². The van der Waals surface area contributed by atoms with E-state index in [4.69, 9.17) is 15.9 Å². The Morgan fingerprint density at radius 1 is 1.05 bits per heavy atom. The largest absolute Gasteiger partial charge is 0.488 e. The number of hydrogen-bond donors (Lipinski definition) is 2. The molecule has 0 aliphatic heterocycles. The van der Waals surface area contributed by atoms with Crippen molar-refractivity contribution >= 4 is 5.84 Å². The highest BCUT2D eigenvalue weighted by Gasteiger charge is 2.04. The van der Waals surface area contributed by atoms with Gasteiger partial charge in [0, 0.05) is 5.56 Å². The molecule has 98 valence electrons. The Balaban J connectivity index is 2.08. The average Bonchev–Trinajstić information content (AvgIpc) is 2.38. The molecule has 2 aromatic carbocycles. The van der Waals surface area contributed by atoms with E-state index in [1.165, 1.54) is 0 Å². The molecule has 0 bridgehead atoms. The van der Waals surface area contributed by atoms with Gasteiger partial charge in [-0.05, 0) is 30.5 Å². The third kappa shape index (κ3) is 3.13. The standard InChI is InChI=1S/C16H18N2O/c1-11-4-3-5-12(2)15(11)19-10-13-6-8-14(9-7-13)16(17)18/h3-9H,10H2,1-2H3,(H3,17,18). The summed E-state index contributed by atoms with van der Waals surface area (Å²) in [6.45, 7) is 4.60. The number of nitrogen functional groups attached to an aromatic ring is 1. The maximum atomic E-state index is 7.35. The van der Waals surface area contributed by atoms with Gasteiger partial charge in [-0.25, -0.2) is 0 Å². The highest BCUT2D eigenvalue weighted by Crippen LogP contribution is 2.23. The van der Waals surface area contributed by atoms with E-state index >= 15 is 0 Å². The van der Waals surface area contributed by atoms with Crippen molar-refractivity contribution in [1.29, 1.82) is 5.41 Å². The van der Waals surface area contributed by atoms with E-state index in [9.17, 15) is 0 Å². The van der Waals surface area contributed by atoms with Crippen LogP contribution in [0.5, 0.6) is 5.75 Å². The van der Waals surface area contributed by atoms with Gasteiger partial charge in [-0.1, -0.05) is 42.5 Å². The van der Waals surface area contributed by atoms with Crippen LogP contribution in [0.25, 0.3) is 0 Å². The van der Waals surface area contributed by atoms with Gasteiger partial charge in [0.15, 0.2) is 0 Å².